The van der Waals surface area contributed by atoms with E-state index in [2.05, 4.69) is 0 Å². The van der Waals surface area contributed by atoms with Gasteiger partial charge in [-0.15, -0.1) is 0 Å². The van der Waals surface area contributed by atoms with Crippen molar-refractivity contribution in [3.8, 4) is 0 Å². The first-order valence-corrected chi connectivity index (χ1v) is 7.02. The number of halogens is 2. The Bertz CT molecular complexity index is 570. The van der Waals surface area contributed by atoms with E-state index < -0.39 is 11.6 Å². The highest BCUT2D eigenvalue weighted by molar-refractivity contribution is 5.48. The van der Waals surface area contributed by atoms with E-state index in [0.717, 1.165) is 11.8 Å². The van der Waals surface area contributed by atoms with E-state index >= 15 is 0 Å². The summed E-state index contributed by atoms with van der Waals surface area (Å²) in [6, 6.07) is 13.5. The van der Waals surface area contributed by atoms with Crippen molar-refractivity contribution >= 4 is 5.69 Å². The second-order valence-electron chi connectivity index (χ2n) is 4.92. The lowest BCUT2D eigenvalue weighted by atomic mass is 10.1. The lowest BCUT2D eigenvalue weighted by Gasteiger charge is -2.32. The number of anilines is 1. The van der Waals surface area contributed by atoms with E-state index in [1.807, 2.05) is 42.2 Å². The Morgan fingerprint density at radius 3 is 2.38 bits per heavy atom. The minimum atomic E-state index is -0.849. The molecular weight excluding hydrogens is 272 g/mol. The topological polar surface area (TPSA) is 23.5 Å². The first-order valence-electron chi connectivity index (χ1n) is 7.02. The van der Waals surface area contributed by atoms with Crippen LogP contribution in [0.1, 0.15) is 18.9 Å². The monoisotopic (exact) mass is 291 g/mol. The average molecular weight is 291 g/mol. The van der Waals surface area contributed by atoms with Gasteiger partial charge in [-0.25, -0.2) is 8.78 Å². The van der Waals surface area contributed by atoms with Crippen LogP contribution in [0.3, 0.4) is 0 Å². The summed E-state index contributed by atoms with van der Waals surface area (Å²) in [5.41, 5.74) is 1.16. The maximum Gasteiger partial charge on any atom is 0.163 e. The molecule has 0 fully saturated rings. The quantitative estimate of drug-likeness (QED) is 0.876. The first-order chi connectivity index (χ1) is 10.2. The molecule has 0 saturated heterocycles. The van der Waals surface area contributed by atoms with Gasteiger partial charge in [0, 0.05) is 17.8 Å². The molecule has 0 bridgehead atoms. The Kier molecular flexibility index (Phi) is 5.28. The van der Waals surface area contributed by atoms with E-state index in [1.54, 1.807) is 6.07 Å². The molecule has 2 aromatic rings. The smallest absolute Gasteiger partial charge is 0.163 e. The molecule has 0 aliphatic rings. The summed E-state index contributed by atoms with van der Waals surface area (Å²) in [7, 11) is 0. The Labute approximate surface area is 123 Å². The summed E-state index contributed by atoms with van der Waals surface area (Å²) in [5.74, 6) is -1.68. The summed E-state index contributed by atoms with van der Waals surface area (Å²) in [5, 5.41) is 9.55. The molecule has 0 heterocycles. The number of hydrogen-bond acceptors (Lipinski definition) is 2. The van der Waals surface area contributed by atoms with Crippen LogP contribution in [0, 0.1) is 11.6 Å². The van der Waals surface area contributed by atoms with Gasteiger partial charge in [-0.3, -0.25) is 0 Å². The summed E-state index contributed by atoms with van der Waals surface area (Å²) in [4.78, 5) is 1.90. The molecule has 0 radical (unpaired) electrons. The molecule has 112 valence electrons. The van der Waals surface area contributed by atoms with Crippen molar-refractivity contribution < 1.29 is 13.9 Å². The van der Waals surface area contributed by atoms with E-state index in [4.69, 9.17) is 0 Å². The number of benzene rings is 2. The fourth-order valence-electron chi connectivity index (χ4n) is 2.35. The normalized spacial score (nSPS) is 12.2. The summed E-state index contributed by atoms with van der Waals surface area (Å²) < 4.78 is 27.2. The third kappa shape index (κ3) is 3.58. The number of rotatable bonds is 6. The Hall–Kier alpha value is -1.94. The molecule has 2 nitrogen and oxygen atoms in total. The highest BCUT2D eigenvalue weighted by Gasteiger charge is 2.19. The predicted octanol–water partition coefficient (Wildman–Crippen LogP) is 3.74. The van der Waals surface area contributed by atoms with Crippen LogP contribution < -0.4 is 4.90 Å². The van der Waals surface area contributed by atoms with Gasteiger partial charge in [-0.2, -0.15) is 0 Å². The molecular formula is C17H19F2NO. The van der Waals surface area contributed by atoms with Crippen molar-refractivity contribution in [3.63, 3.8) is 0 Å². The zero-order valence-corrected chi connectivity index (χ0v) is 12.0. The second kappa shape index (κ2) is 7.18. The van der Waals surface area contributed by atoms with Crippen molar-refractivity contribution in [1.29, 1.82) is 0 Å². The van der Waals surface area contributed by atoms with Crippen molar-refractivity contribution in [3.05, 3.63) is 65.7 Å². The lowest BCUT2D eigenvalue weighted by Crippen LogP contribution is -2.37. The van der Waals surface area contributed by atoms with E-state index in [-0.39, 0.29) is 24.8 Å². The second-order valence-corrected chi connectivity index (χ2v) is 4.92. The zero-order chi connectivity index (χ0) is 15.2. The van der Waals surface area contributed by atoms with Crippen LogP contribution in [0.4, 0.5) is 14.5 Å². The van der Waals surface area contributed by atoms with Crippen molar-refractivity contribution in [1.82, 2.24) is 0 Å². The van der Waals surface area contributed by atoms with Crippen molar-refractivity contribution in [2.75, 3.05) is 11.5 Å². The molecule has 0 unspecified atom stereocenters. The van der Waals surface area contributed by atoms with Gasteiger partial charge in [-0.05, 0) is 24.6 Å². The molecule has 0 aliphatic carbocycles. The Morgan fingerprint density at radius 2 is 1.76 bits per heavy atom. The molecule has 0 amide bonds. The predicted molar refractivity (Wildman–Crippen MR) is 80.1 cm³/mol. The number of aliphatic hydroxyl groups is 1. The van der Waals surface area contributed by atoms with Gasteiger partial charge < -0.3 is 10.0 Å². The van der Waals surface area contributed by atoms with Crippen LogP contribution in [0.25, 0.3) is 0 Å². The number of para-hydroxylation sites is 1. The molecule has 0 saturated carbocycles. The molecule has 1 atom stereocenters. The molecule has 0 spiro atoms. The fourth-order valence-corrected chi connectivity index (χ4v) is 2.35. The van der Waals surface area contributed by atoms with E-state index in [9.17, 15) is 13.9 Å². The van der Waals surface area contributed by atoms with Gasteiger partial charge in [0.25, 0.3) is 0 Å². The minimum Gasteiger partial charge on any atom is -0.394 e. The molecule has 2 rings (SSSR count). The summed E-state index contributed by atoms with van der Waals surface area (Å²) in [6.07, 6.45) is 0.711. The van der Waals surface area contributed by atoms with Crippen LogP contribution >= 0.6 is 0 Å². The maximum atomic E-state index is 13.9. The third-order valence-electron chi connectivity index (χ3n) is 3.58. The van der Waals surface area contributed by atoms with Crippen LogP contribution in [-0.2, 0) is 6.54 Å². The highest BCUT2D eigenvalue weighted by atomic mass is 19.2. The number of aliphatic hydroxyl groups excluding tert-OH is 1. The molecule has 4 heteroatoms. The Morgan fingerprint density at radius 1 is 1.05 bits per heavy atom. The van der Waals surface area contributed by atoms with Crippen LogP contribution in [-0.4, -0.2) is 17.8 Å². The maximum absolute atomic E-state index is 13.9. The van der Waals surface area contributed by atoms with Gasteiger partial charge >= 0.3 is 0 Å². The highest BCUT2D eigenvalue weighted by Crippen LogP contribution is 2.23. The molecule has 21 heavy (non-hydrogen) atoms. The number of nitrogens with zero attached hydrogens (tertiary/aromatic N) is 1. The number of hydrogen-bond donors (Lipinski definition) is 1. The van der Waals surface area contributed by atoms with Gasteiger partial charge in [0.05, 0.1) is 12.6 Å². The van der Waals surface area contributed by atoms with Gasteiger partial charge in [0.2, 0.25) is 0 Å². The minimum absolute atomic E-state index is 0.0394. The Balaban J connectivity index is 2.34. The zero-order valence-electron chi connectivity index (χ0n) is 12.0. The largest absolute Gasteiger partial charge is 0.394 e. The summed E-state index contributed by atoms with van der Waals surface area (Å²) >= 11 is 0. The van der Waals surface area contributed by atoms with Crippen LogP contribution in [0.2, 0.25) is 0 Å². The van der Waals surface area contributed by atoms with Gasteiger partial charge in [0.15, 0.2) is 11.6 Å². The standard InChI is InChI=1S/C17H19F2NO/c1-2-14(12-21)20(15-8-4-3-5-9-15)11-13-7-6-10-16(18)17(13)19/h3-10,14,21H,2,11-12H2,1H3/t14-/m0/s1. The van der Waals surface area contributed by atoms with Crippen molar-refractivity contribution in [2.45, 2.75) is 25.9 Å². The van der Waals surface area contributed by atoms with Gasteiger partial charge in [0.1, 0.15) is 0 Å². The van der Waals surface area contributed by atoms with Crippen LogP contribution in [0.5, 0.6) is 0 Å². The lowest BCUT2D eigenvalue weighted by molar-refractivity contribution is 0.254. The van der Waals surface area contributed by atoms with Crippen LogP contribution in [0.15, 0.2) is 48.5 Å². The van der Waals surface area contributed by atoms with E-state index in [1.165, 1.54) is 6.07 Å². The average Bonchev–Trinajstić information content (AvgIpc) is 2.52. The third-order valence-corrected chi connectivity index (χ3v) is 3.58. The van der Waals surface area contributed by atoms with Gasteiger partial charge in [-0.1, -0.05) is 37.3 Å². The SMILES string of the molecule is CC[C@@H](CO)N(Cc1cccc(F)c1F)c1ccccc1. The molecule has 0 aliphatic heterocycles. The fraction of sp³-hybridized carbons (Fsp3) is 0.294. The first kappa shape index (κ1) is 15.4. The summed E-state index contributed by atoms with van der Waals surface area (Å²) in [6.45, 7) is 2.13. The van der Waals surface area contributed by atoms with E-state index in [0.29, 0.717) is 6.42 Å². The molecule has 2 aromatic carbocycles. The van der Waals surface area contributed by atoms with Crippen molar-refractivity contribution in [2.24, 2.45) is 0 Å². The molecule has 1 N–H and O–H groups in total. The molecule has 0 aromatic heterocycles.